The number of aromatic nitrogens is 1. The average Bonchev–Trinajstić information content (AvgIpc) is 3.01. The first-order valence-electron chi connectivity index (χ1n) is 7.72. The second-order valence-electron chi connectivity index (χ2n) is 5.71. The lowest BCUT2D eigenvalue weighted by atomic mass is 10.00. The van der Waals surface area contributed by atoms with Gasteiger partial charge in [0.2, 0.25) is 5.91 Å². The Morgan fingerprint density at radius 3 is 2.96 bits per heavy atom. The molecule has 24 heavy (non-hydrogen) atoms. The highest BCUT2D eigenvalue weighted by molar-refractivity contribution is 7.99. The molecule has 0 aliphatic carbocycles. The summed E-state index contributed by atoms with van der Waals surface area (Å²) in [5.41, 5.74) is 3.97. The predicted molar refractivity (Wildman–Crippen MR) is 95.3 cm³/mol. The van der Waals surface area contributed by atoms with Crippen molar-refractivity contribution in [3.63, 3.8) is 0 Å². The predicted octanol–water partition coefficient (Wildman–Crippen LogP) is 4.16. The minimum Gasteiger partial charge on any atom is -0.431 e. The van der Waals surface area contributed by atoms with Crippen molar-refractivity contribution >= 4 is 40.4 Å². The van der Waals surface area contributed by atoms with Gasteiger partial charge >= 0.3 is 0 Å². The molecule has 2 heterocycles. The Kier molecular flexibility index (Phi) is 4.21. The summed E-state index contributed by atoms with van der Waals surface area (Å²) in [5, 5.41) is 1.12. The summed E-state index contributed by atoms with van der Waals surface area (Å²) in [6, 6.07) is 13.6. The Morgan fingerprint density at radius 2 is 2.08 bits per heavy atom. The largest absolute Gasteiger partial charge is 0.431 e. The zero-order valence-corrected chi connectivity index (χ0v) is 14.4. The molecule has 3 aromatic rings. The SMILES string of the molecule is O=C(CSc1nc2cc(Cl)ccc2o1)N1CCc2ccccc2C1. The maximum absolute atomic E-state index is 12.5. The van der Waals surface area contributed by atoms with Gasteiger partial charge in [0, 0.05) is 18.1 Å². The van der Waals surface area contributed by atoms with Crippen LogP contribution in [-0.4, -0.2) is 28.1 Å². The molecule has 0 radical (unpaired) electrons. The number of hydrogen-bond donors (Lipinski definition) is 0. The van der Waals surface area contributed by atoms with Crippen molar-refractivity contribution in [1.82, 2.24) is 9.88 Å². The first-order chi connectivity index (χ1) is 11.7. The van der Waals surface area contributed by atoms with Crippen LogP contribution < -0.4 is 0 Å². The van der Waals surface area contributed by atoms with Gasteiger partial charge in [0.25, 0.3) is 5.22 Å². The molecule has 0 fully saturated rings. The van der Waals surface area contributed by atoms with Crippen LogP contribution in [0.15, 0.2) is 52.1 Å². The second-order valence-corrected chi connectivity index (χ2v) is 7.08. The highest BCUT2D eigenvalue weighted by atomic mass is 35.5. The van der Waals surface area contributed by atoms with E-state index in [1.165, 1.54) is 22.9 Å². The zero-order chi connectivity index (χ0) is 16.5. The third-order valence-corrected chi connectivity index (χ3v) is 5.18. The smallest absolute Gasteiger partial charge is 0.257 e. The molecule has 0 bridgehead atoms. The fourth-order valence-corrected chi connectivity index (χ4v) is 3.77. The quantitative estimate of drug-likeness (QED) is 0.659. The Morgan fingerprint density at radius 1 is 1.25 bits per heavy atom. The van der Waals surface area contributed by atoms with E-state index in [0.717, 1.165) is 13.0 Å². The lowest BCUT2D eigenvalue weighted by Gasteiger charge is -2.28. The van der Waals surface area contributed by atoms with Crippen LogP contribution in [-0.2, 0) is 17.8 Å². The van der Waals surface area contributed by atoms with Crippen LogP contribution in [0.5, 0.6) is 0 Å². The van der Waals surface area contributed by atoms with E-state index in [0.29, 0.717) is 33.6 Å². The van der Waals surface area contributed by atoms with Gasteiger partial charge in [-0.3, -0.25) is 4.79 Å². The molecule has 1 amide bonds. The Labute approximate surface area is 148 Å². The van der Waals surface area contributed by atoms with E-state index in [4.69, 9.17) is 16.0 Å². The fourth-order valence-electron chi connectivity index (χ4n) is 2.86. The van der Waals surface area contributed by atoms with Crippen molar-refractivity contribution in [3.8, 4) is 0 Å². The number of rotatable bonds is 3. The maximum Gasteiger partial charge on any atom is 0.257 e. The van der Waals surface area contributed by atoms with Gasteiger partial charge in [-0.25, -0.2) is 4.98 Å². The van der Waals surface area contributed by atoms with Crippen LogP contribution >= 0.6 is 23.4 Å². The van der Waals surface area contributed by atoms with Gasteiger partial charge in [-0.1, -0.05) is 47.6 Å². The summed E-state index contributed by atoms with van der Waals surface area (Å²) < 4.78 is 5.64. The van der Waals surface area contributed by atoms with Gasteiger partial charge in [0.15, 0.2) is 5.58 Å². The summed E-state index contributed by atoms with van der Waals surface area (Å²) in [7, 11) is 0. The molecule has 4 nitrogen and oxygen atoms in total. The highest BCUT2D eigenvalue weighted by Crippen LogP contribution is 2.26. The summed E-state index contributed by atoms with van der Waals surface area (Å²) in [6.45, 7) is 1.44. The van der Waals surface area contributed by atoms with Gasteiger partial charge in [-0.15, -0.1) is 0 Å². The average molecular weight is 359 g/mol. The standard InChI is InChI=1S/C18H15ClN2O2S/c19-14-5-6-16-15(9-14)20-18(23-16)24-11-17(22)21-8-7-12-3-1-2-4-13(12)10-21/h1-6,9H,7-8,10-11H2. The monoisotopic (exact) mass is 358 g/mol. The molecule has 6 heteroatoms. The summed E-state index contributed by atoms with van der Waals surface area (Å²) in [6.07, 6.45) is 0.911. The molecule has 0 saturated heterocycles. The third-order valence-electron chi connectivity index (χ3n) is 4.13. The van der Waals surface area contributed by atoms with Crippen molar-refractivity contribution in [2.24, 2.45) is 0 Å². The van der Waals surface area contributed by atoms with Gasteiger partial charge in [0.1, 0.15) is 5.52 Å². The molecule has 1 aliphatic rings. The third kappa shape index (κ3) is 3.14. The van der Waals surface area contributed by atoms with Crippen molar-refractivity contribution in [2.45, 2.75) is 18.2 Å². The normalized spacial score (nSPS) is 14.0. The molecule has 0 atom stereocenters. The van der Waals surface area contributed by atoms with Gasteiger partial charge in [-0.2, -0.15) is 0 Å². The molecule has 122 valence electrons. The van der Waals surface area contributed by atoms with E-state index in [1.54, 1.807) is 18.2 Å². The number of nitrogens with zero attached hydrogens (tertiary/aromatic N) is 2. The zero-order valence-electron chi connectivity index (χ0n) is 12.9. The van der Waals surface area contributed by atoms with E-state index >= 15 is 0 Å². The van der Waals surface area contributed by atoms with Gasteiger partial charge in [-0.05, 0) is 35.7 Å². The second kappa shape index (κ2) is 6.49. The fraction of sp³-hybridized carbons (Fsp3) is 0.222. The van der Waals surface area contributed by atoms with Crippen molar-refractivity contribution < 1.29 is 9.21 Å². The molecule has 1 aromatic heterocycles. The number of amides is 1. The molecule has 4 rings (SSSR count). The number of carbonyl (C=O) groups is 1. The first kappa shape index (κ1) is 15.5. The Hall–Kier alpha value is -1.98. The van der Waals surface area contributed by atoms with Crippen molar-refractivity contribution in [2.75, 3.05) is 12.3 Å². The first-order valence-corrected chi connectivity index (χ1v) is 9.09. The van der Waals surface area contributed by atoms with Crippen LogP contribution in [0.2, 0.25) is 5.02 Å². The number of fused-ring (bicyclic) bond motifs is 2. The molecule has 0 spiro atoms. The van der Waals surface area contributed by atoms with E-state index < -0.39 is 0 Å². The molecule has 2 aromatic carbocycles. The Bertz CT molecular complexity index is 909. The van der Waals surface area contributed by atoms with Crippen molar-refractivity contribution in [3.05, 3.63) is 58.6 Å². The maximum atomic E-state index is 12.5. The van der Waals surface area contributed by atoms with E-state index in [2.05, 4.69) is 17.1 Å². The van der Waals surface area contributed by atoms with Crippen LogP contribution in [0.25, 0.3) is 11.1 Å². The lowest BCUT2D eigenvalue weighted by Crippen LogP contribution is -2.37. The minimum absolute atomic E-state index is 0.106. The van der Waals surface area contributed by atoms with Gasteiger partial charge in [0.05, 0.1) is 5.75 Å². The lowest BCUT2D eigenvalue weighted by molar-refractivity contribution is -0.129. The number of thioether (sulfide) groups is 1. The minimum atomic E-state index is 0.106. The van der Waals surface area contributed by atoms with Crippen LogP contribution in [0.3, 0.4) is 0 Å². The van der Waals surface area contributed by atoms with E-state index in [9.17, 15) is 4.79 Å². The molecule has 1 aliphatic heterocycles. The van der Waals surface area contributed by atoms with Crippen molar-refractivity contribution in [1.29, 1.82) is 0 Å². The number of oxazole rings is 1. The number of carbonyl (C=O) groups excluding carboxylic acids is 1. The molecular formula is C18H15ClN2O2S. The summed E-state index contributed by atoms with van der Waals surface area (Å²) in [4.78, 5) is 18.7. The topological polar surface area (TPSA) is 46.3 Å². The number of benzene rings is 2. The molecular weight excluding hydrogens is 344 g/mol. The van der Waals surface area contributed by atoms with Crippen LogP contribution in [0.1, 0.15) is 11.1 Å². The van der Waals surface area contributed by atoms with Gasteiger partial charge < -0.3 is 9.32 Å². The number of hydrogen-bond acceptors (Lipinski definition) is 4. The molecule has 0 N–H and O–H groups in total. The Balaban J connectivity index is 1.41. The van der Waals surface area contributed by atoms with E-state index in [1.807, 2.05) is 17.0 Å². The highest BCUT2D eigenvalue weighted by Gasteiger charge is 2.21. The van der Waals surface area contributed by atoms with E-state index in [-0.39, 0.29) is 5.91 Å². The molecule has 0 unspecified atom stereocenters. The van der Waals surface area contributed by atoms with Crippen LogP contribution in [0.4, 0.5) is 0 Å². The summed E-state index contributed by atoms with van der Waals surface area (Å²) in [5.74, 6) is 0.428. The number of halogens is 1. The van der Waals surface area contributed by atoms with Crippen LogP contribution in [0, 0.1) is 0 Å². The summed E-state index contributed by atoms with van der Waals surface area (Å²) >= 11 is 7.27. The molecule has 0 saturated carbocycles.